The number of likely N-dealkylation sites (tertiary alicyclic amines) is 1. The quantitative estimate of drug-likeness (QED) is 0.905. The zero-order valence-electron chi connectivity index (χ0n) is 12.6. The number of hydrogen-bond acceptors (Lipinski definition) is 4. The lowest BCUT2D eigenvalue weighted by molar-refractivity contribution is -0.153. The number of thiazole rings is 1. The summed E-state index contributed by atoms with van der Waals surface area (Å²) in [5, 5.41) is 12.8. The molecule has 20 heavy (non-hydrogen) atoms. The minimum absolute atomic E-state index is 0.462. The van der Waals surface area contributed by atoms with Crippen molar-refractivity contribution in [1.82, 2.24) is 9.88 Å². The van der Waals surface area contributed by atoms with Gasteiger partial charge in [-0.2, -0.15) is 0 Å². The molecule has 5 heteroatoms. The molecule has 2 rings (SSSR count). The zero-order chi connectivity index (χ0) is 14.8. The third-order valence-corrected chi connectivity index (χ3v) is 5.43. The van der Waals surface area contributed by atoms with E-state index in [4.69, 9.17) is 0 Å². The van der Waals surface area contributed by atoms with Crippen molar-refractivity contribution in [2.75, 3.05) is 13.1 Å². The first-order chi connectivity index (χ1) is 9.47. The Balaban J connectivity index is 2.03. The highest BCUT2D eigenvalue weighted by molar-refractivity contribution is 7.09. The summed E-state index contributed by atoms with van der Waals surface area (Å²) in [7, 11) is 0. The zero-order valence-corrected chi connectivity index (χ0v) is 13.4. The van der Waals surface area contributed by atoms with Crippen LogP contribution in [0.15, 0.2) is 5.38 Å². The van der Waals surface area contributed by atoms with E-state index in [-0.39, 0.29) is 0 Å². The molecule has 0 radical (unpaired) electrons. The summed E-state index contributed by atoms with van der Waals surface area (Å²) < 4.78 is 0. The number of nitrogens with zero attached hydrogens (tertiary/aromatic N) is 2. The van der Waals surface area contributed by atoms with Crippen LogP contribution in [0, 0.1) is 5.41 Å². The fourth-order valence-corrected chi connectivity index (χ4v) is 3.69. The third-order valence-electron chi connectivity index (χ3n) is 4.24. The molecule has 0 aliphatic carbocycles. The van der Waals surface area contributed by atoms with E-state index in [1.54, 1.807) is 11.3 Å². The Morgan fingerprint density at radius 3 is 2.90 bits per heavy atom. The predicted octanol–water partition coefficient (Wildman–Crippen LogP) is 3.34. The van der Waals surface area contributed by atoms with Crippen LogP contribution in [0.25, 0.3) is 0 Å². The first-order valence-electron chi connectivity index (χ1n) is 7.37. The molecule has 2 heterocycles. The fraction of sp³-hybridized carbons (Fsp3) is 0.733. The second-order valence-electron chi connectivity index (χ2n) is 6.09. The Labute approximate surface area is 124 Å². The average Bonchev–Trinajstić information content (AvgIpc) is 2.87. The van der Waals surface area contributed by atoms with Gasteiger partial charge in [-0.05, 0) is 25.8 Å². The van der Waals surface area contributed by atoms with Crippen LogP contribution in [-0.2, 0) is 11.3 Å². The van der Waals surface area contributed by atoms with Crippen molar-refractivity contribution in [3.8, 4) is 0 Å². The van der Waals surface area contributed by atoms with Crippen LogP contribution in [0.2, 0.25) is 0 Å². The maximum Gasteiger partial charge on any atom is 0.310 e. The lowest BCUT2D eigenvalue weighted by atomic mass is 9.77. The number of carbonyl (C=O) groups is 1. The molecular formula is C15H24N2O2S. The molecule has 0 aromatic carbocycles. The largest absolute Gasteiger partial charge is 0.481 e. The van der Waals surface area contributed by atoms with Gasteiger partial charge < -0.3 is 5.11 Å². The molecule has 1 aliphatic heterocycles. The normalized spacial score (nSPS) is 24.2. The van der Waals surface area contributed by atoms with Gasteiger partial charge in [-0.15, -0.1) is 11.3 Å². The monoisotopic (exact) mass is 296 g/mol. The van der Waals surface area contributed by atoms with Gasteiger partial charge in [0.2, 0.25) is 0 Å². The maximum atomic E-state index is 11.6. The number of aromatic nitrogens is 1. The van der Waals surface area contributed by atoms with Crippen LogP contribution in [0.1, 0.15) is 56.7 Å². The lowest BCUT2D eigenvalue weighted by Gasteiger charge is -2.39. The molecule has 1 saturated heterocycles. The van der Waals surface area contributed by atoms with Gasteiger partial charge in [0.15, 0.2) is 0 Å². The molecule has 0 saturated carbocycles. The Morgan fingerprint density at radius 2 is 2.35 bits per heavy atom. The molecule has 1 aliphatic rings. The first kappa shape index (κ1) is 15.4. The van der Waals surface area contributed by atoms with E-state index in [0.29, 0.717) is 18.9 Å². The summed E-state index contributed by atoms with van der Waals surface area (Å²) >= 11 is 1.70. The van der Waals surface area contributed by atoms with E-state index in [1.165, 1.54) is 0 Å². The Morgan fingerprint density at radius 1 is 1.60 bits per heavy atom. The number of aliphatic carboxylic acids is 1. The molecule has 4 nitrogen and oxygen atoms in total. The van der Waals surface area contributed by atoms with Crippen LogP contribution in [-0.4, -0.2) is 34.0 Å². The molecule has 1 aromatic rings. The van der Waals surface area contributed by atoms with Crippen LogP contribution in [0.5, 0.6) is 0 Å². The highest BCUT2D eigenvalue weighted by Gasteiger charge is 2.40. The minimum Gasteiger partial charge on any atom is -0.481 e. The third kappa shape index (κ3) is 3.20. The number of carboxylic acid groups (broad SMARTS) is 1. The fourth-order valence-electron chi connectivity index (χ4n) is 2.87. The summed E-state index contributed by atoms with van der Waals surface area (Å²) in [6, 6.07) is 0. The van der Waals surface area contributed by atoms with Crippen LogP contribution < -0.4 is 0 Å². The number of carboxylic acids is 1. The van der Waals surface area contributed by atoms with Gasteiger partial charge in [0.1, 0.15) is 0 Å². The molecule has 112 valence electrons. The van der Waals surface area contributed by atoms with Crippen LogP contribution in [0.3, 0.4) is 0 Å². The summed E-state index contributed by atoms with van der Waals surface area (Å²) in [5.41, 5.74) is 0.519. The van der Waals surface area contributed by atoms with Crippen LogP contribution >= 0.6 is 11.3 Å². The van der Waals surface area contributed by atoms with E-state index in [1.807, 2.05) is 6.92 Å². The van der Waals surface area contributed by atoms with Gasteiger partial charge in [0, 0.05) is 24.4 Å². The first-order valence-corrected chi connectivity index (χ1v) is 8.25. The Hall–Kier alpha value is -0.940. The van der Waals surface area contributed by atoms with Crippen molar-refractivity contribution >= 4 is 17.3 Å². The van der Waals surface area contributed by atoms with E-state index in [0.717, 1.165) is 36.6 Å². The van der Waals surface area contributed by atoms with Crippen molar-refractivity contribution in [2.24, 2.45) is 5.41 Å². The maximum absolute atomic E-state index is 11.6. The highest BCUT2D eigenvalue weighted by atomic mass is 32.1. The molecular weight excluding hydrogens is 272 g/mol. The van der Waals surface area contributed by atoms with E-state index < -0.39 is 11.4 Å². The van der Waals surface area contributed by atoms with Gasteiger partial charge in [0.25, 0.3) is 0 Å². The molecule has 1 atom stereocenters. The second kappa shape index (κ2) is 6.22. The van der Waals surface area contributed by atoms with Crippen molar-refractivity contribution in [2.45, 2.75) is 52.5 Å². The van der Waals surface area contributed by atoms with Gasteiger partial charge in [-0.25, -0.2) is 4.98 Å². The summed E-state index contributed by atoms with van der Waals surface area (Å²) in [6.45, 7) is 8.68. The topological polar surface area (TPSA) is 53.4 Å². The average molecular weight is 296 g/mol. The SMILES string of the molecule is CCC1(C(=O)O)CCCN(Cc2csc(C(C)C)n2)C1. The van der Waals surface area contributed by atoms with Crippen molar-refractivity contribution < 1.29 is 9.90 Å². The molecule has 0 amide bonds. The molecule has 1 N–H and O–H groups in total. The smallest absolute Gasteiger partial charge is 0.310 e. The van der Waals surface area contributed by atoms with Crippen molar-refractivity contribution in [3.05, 3.63) is 16.1 Å². The second-order valence-corrected chi connectivity index (χ2v) is 6.97. The predicted molar refractivity (Wildman–Crippen MR) is 81.1 cm³/mol. The summed E-state index contributed by atoms with van der Waals surface area (Å²) in [4.78, 5) is 18.5. The minimum atomic E-state index is -0.647. The van der Waals surface area contributed by atoms with Crippen molar-refractivity contribution in [1.29, 1.82) is 0 Å². The van der Waals surface area contributed by atoms with Gasteiger partial charge in [-0.3, -0.25) is 9.69 Å². The standard InChI is InChI=1S/C15H24N2O2S/c1-4-15(14(18)19)6-5-7-17(10-15)8-12-9-20-13(16-12)11(2)3/h9,11H,4-8,10H2,1-3H3,(H,18,19). The summed E-state index contributed by atoms with van der Waals surface area (Å²) in [6.07, 6.45) is 2.46. The summed E-state index contributed by atoms with van der Waals surface area (Å²) in [5.74, 6) is -0.185. The molecule has 0 spiro atoms. The number of rotatable bonds is 5. The molecule has 1 unspecified atom stereocenters. The van der Waals surface area contributed by atoms with Gasteiger partial charge in [-0.1, -0.05) is 20.8 Å². The Bertz CT molecular complexity index is 472. The number of hydrogen-bond donors (Lipinski definition) is 1. The van der Waals surface area contributed by atoms with E-state index >= 15 is 0 Å². The number of piperidine rings is 1. The van der Waals surface area contributed by atoms with Gasteiger partial charge in [0.05, 0.1) is 16.1 Å². The lowest BCUT2D eigenvalue weighted by Crippen LogP contribution is -2.47. The van der Waals surface area contributed by atoms with Gasteiger partial charge >= 0.3 is 5.97 Å². The highest BCUT2D eigenvalue weighted by Crippen LogP contribution is 2.34. The molecule has 0 bridgehead atoms. The van der Waals surface area contributed by atoms with Crippen molar-refractivity contribution in [3.63, 3.8) is 0 Å². The van der Waals surface area contributed by atoms with E-state index in [2.05, 4.69) is 29.1 Å². The Kier molecular flexibility index (Phi) is 4.81. The molecule has 1 fully saturated rings. The molecule has 1 aromatic heterocycles. The van der Waals surface area contributed by atoms with Crippen LogP contribution in [0.4, 0.5) is 0 Å². The van der Waals surface area contributed by atoms with E-state index in [9.17, 15) is 9.90 Å².